The molecule has 2 rings (SSSR count). The van der Waals surface area contributed by atoms with E-state index in [0.29, 0.717) is 5.69 Å². The molecule has 0 aromatic heterocycles. The van der Waals surface area contributed by atoms with E-state index < -0.39 is 0 Å². The van der Waals surface area contributed by atoms with Gasteiger partial charge in [0.15, 0.2) is 0 Å². The number of rotatable bonds is 0. The lowest BCUT2D eigenvalue weighted by Gasteiger charge is -2.24. The number of hydrogen-bond donors (Lipinski definition) is 3. The van der Waals surface area contributed by atoms with Crippen LogP contribution in [0.15, 0.2) is 18.2 Å². The van der Waals surface area contributed by atoms with E-state index in [4.69, 9.17) is 0 Å². The first-order valence-corrected chi connectivity index (χ1v) is 4.08. The SMILES string of the molecule is CC1Nc2cccc(O)c2NC1=O. The third-order valence-electron chi connectivity index (χ3n) is 2.06. The van der Waals surface area contributed by atoms with E-state index in [9.17, 15) is 9.90 Å². The van der Waals surface area contributed by atoms with E-state index >= 15 is 0 Å². The van der Waals surface area contributed by atoms with Crippen molar-refractivity contribution in [2.75, 3.05) is 10.6 Å². The summed E-state index contributed by atoms with van der Waals surface area (Å²) in [7, 11) is 0. The van der Waals surface area contributed by atoms with Gasteiger partial charge in [0, 0.05) is 0 Å². The molecule has 1 unspecified atom stereocenters. The lowest BCUT2D eigenvalue weighted by Crippen LogP contribution is -2.36. The van der Waals surface area contributed by atoms with Crippen molar-refractivity contribution in [3.8, 4) is 5.75 Å². The predicted octanol–water partition coefficient (Wildman–Crippen LogP) is 1.14. The number of aromatic hydroxyl groups is 1. The Labute approximate surface area is 75.6 Å². The van der Waals surface area contributed by atoms with Crippen molar-refractivity contribution in [2.24, 2.45) is 0 Å². The molecule has 1 atom stereocenters. The van der Waals surface area contributed by atoms with Crippen LogP contribution in [0.2, 0.25) is 0 Å². The normalized spacial score (nSPS) is 20.1. The Hall–Kier alpha value is -1.71. The number of fused-ring (bicyclic) bond motifs is 1. The molecule has 4 heteroatoms. The van der Waals surface area contributed by atoms with Gasteiger partial charge in [0.1, 0.15) is 17.5 Å². The second kappa shape index (κ2) is 2.65. The van der Waals surface area contributed by atoms with Gasteiger partial charge in [-0.25, -0.2) is 0 Å². The zero-order chi connectivity index (χ0) is 9.42. The fraction of sp³-hybridized carbons (Fsp3) is 0.222. The van der Waals surface area contributed by atoms with Gasteiger partial charge in [0.05, 0.1) is 5.69 Å². The standard InChI is InChI=1S/C9H10N2O2/c1-5-9(13)11-8-6(10-5)3-2-4-7(8)12/h2-5,10,12H,1H3,(H,11,13). The van der Waals surface area contributed by atoms with Crippen LogP contribution in [0.4, 0.5) is 11.4 Å². The molecular weight excluding hydrogens is 168 g/mol. The maximum Gasteiger partial charge on any atom is 0.246 e. The Morgan fingerprint density at radius 2 is 2.23 bits per heavy atom. The second-order valence-corrected chi connectivity index (χ2v) is 3.05. The molecule has 0 bridgehead atoms. The van der Waals surface area contributed by atoms with Gasteiger partial charge in [-0.2, -0.15) is 0 Å². The summed E-state index contributed by atoms with van der Waals surface area (Å²) in [6.07, 6.45) is 0. The zero-order valence-corrected chi connectivity index (χ0v) is 7.16. The molecule has 13 heavy (non-hydrogen) atoms. The first kappa shape index (κ1) is 7.91. The summed E-state index contributed by atoms with van der Waals surface area (Å²) >= 11 is 0. The number of phenolic OH excluding ortho intramolecular Hbond substituents is 1. The van der Waals surface area contributed by atoms with Gasteiger partial charge < -0.3 is 15.7 Å². The van der Waals surface area contributed by atoms with Crippen LogP contribution < -0.4 is 10.6 Å². The summed E-state index contributed by atoms with van der Waals surface area (Å²) in [6, 6.07) is 4.82. The Morgan fingerprint density at radius 1 is 1.46 bits per heavy atom. The molecule has 4 nitrogen and oxygen atoms in total. The lowest BCUT2D eigenvalue weighted by atomic mass is 10.1. The van der Waals surface area contributed by atoms with Gasteiger partial charge in [-0.3, -0.25) is 4.79 Å². The molecular formula is C9H10N2O2. The smallest absolute Gasteiger partial charge is 0.246 e. The maximum absolute atomic E-state index is 11.2. The average molecular weight is 178 g/mol. The number of nitrogens with one attached hydrogen (secondary N) is 2. The molecule has 1 aromatic carbocycles. The molecule has 3 N–H and O–H groups in total. The molecule has 0 aliphatic carbocycles. The first-order chi connectivity index (χ1) is 6.18. The molecule has 1 aliphatic heterocycles. The summed E-state index contributed by atoms with van der Waals surface area (Å²) in [6.45, 7) is 1.77. The van der Waals surface area contributed by atoms with E-state index in [2.05, 4.69) is 10.6 Å². The lowest BCUT2D eigenvalue weighted by molar-refractivity contribution is -0.116. The number of carbonyl (C=O) groups excluding carboxylic acids is 1. The average Bonchev–Trinajstić information content (AvgIpc) is 2.09. The molecule has 1 aromatic rings. The third kappa shape index (κ3) is 1.20. The molecule has 0 saturated heterocycles. The molecule has 1 amide bonds. The highest BCUT2D eigenvalue weighted by atomic mass is 16.3. The first-order valence-electron chi connectivity index (χ1n) is 4.08. The minimum Gasteiger partial charge on any atom is -0.506 e. The van der Waals surface area contributed by atoms with Gasteiger partial charge >= 0.3 is 0 Å². The maximum atomic E-state index is 11.2. The molecule has 1 heterocycles. The molecule has 0 fully saturated rings. The Morgan fingerprint density at radius 3 is 3.00 bits per heavy atom. The monoisotopic (exact) mass is 178 g/mol. The van der Waals surface area contributed by atoms with Crippen molar-refractivity contribution in [1.29, 1.82) is 0 Å². The predicted molar refractivity (Wildman–Crippen MR) is 49.8 cm³/mol. The number of para-hydroxylation sites is 1. The second-order valence-electron chi connectivity index (χ2n) is 3.05. The van der Waals surface area contributed by atoms with Crippen molar-refractivity contribution in [3.05, 3.63) is 18.2 Å². The molecule has 0 spiro atoms. The summed E-state index contributed by atoms with van der Waals surface area (Å²) in [5, 5.41) is 15.0. The highest BCUT2D eigenvalue weighted by Crippen LogP contribution is 2.34. The highest BCUT2D eigenvalue weighted by Gasteiger charge is 2.22. The number of amides is 1. The van der Waals surface area contributed by atoms with E-state index in [1.807, 2.05) is 6.07 Å². The topological polar surface area (TPSA) is 61.4 Å². The van der Waals surface area contributed by atoms with Gasteiger partial charge in [-0.15, -0.1) is 0 Å². The summed E-state index contributed by atoms with van der Waals surface area (Å²) in [5.41, 5.74) is 1.22. The van der Waals surface area contributed by atoms with Crippen LogP contribution in [0.3, 0.4) is 0 Å². The molecule has 0 radical (unpaired) electrons. The third-order valence-corrected chi connectivity index (χ3v) is 2.06. The summed E-state index contributed by atoms with van der Waals surface area (Å²) in [5.74, 6) is -0.0424. The van der Waals surface area contributed by atoms with Crippen molar-refractivity contribution in [1.82, 2.24) is 0 Å². The van der Waals surface area contributed by atoms with Gasteiger partial charge in [0.25, 0.3) is 0 Å². The van der Waals surface area contributed by atoms with Crippen molar-refractivity contribution >= 4 is 17.3 Å². The van der Waals surface area contributed by atoms with E-state index in [1.54, 1.807) is 13.0 Å². The largest absolute Gasteiger partial charge is 0.506 e. The van der Waals surface area contributed by atoms with Crippen LogP contribution in [-0.4, -0.2) is 17.1 Å². The minimum atomic E-state index is -0.255. The fourth-order valence-corrected chi connectivity index (χ4v) is 1.32. The minimum absolute atomic E-state index is 0.0882. The molecule has 68 valence electrons. The zero-order valence-electron chi connectivity index (χ0n) is 7.16. The summed E-state index contributed by atoms with van der Waals surface area (Å²) in [4.78, 5) is 11.2. The van der Waals surface area contributed by atoms with Crippen LogP contribution >= 0.6 is 0 Å². The van der Waals surface area contributed by atoms with Crippen LogP contribution in [-0.2, 0) is 4.79 Å². The van der Waals surface area contributed by atoms with Crippen molar-refractivity contribution < 1.29 is 9.90 Å². The van der Waals surface area contributed by atoms with Crippen molar-refractivity contribution in [3.63, 3.8) is 0 Å². The van der Waals surface area contributed by atoms with Gasteiger partial charge in [0.2, 0.25) is 5.91 Å². The summed E-state index contributed by atoms with van der Waals surface area (Å²) < 4.78 is 0. The van der Waals surface area contributed by atoms with Gasteiger partial charge in [-0.1, -0.05) is 6.07 Å². The van der Waals surface area contributed by atoms with Gasteiger partial charge in [-0.05, 0) is 19.1 Å². The highest BCUT2D eigenvalue weighted by molar-refractivity contribution is 6.04. The van der Waals surface area contributed by atoms with Crippen LogP contribution in [0.1, 0.15) is 6.92 Å². The molecule has 1 aliphatic rings. The van der Waals surface area contributed by atoms with Crippen LogP contribution in [0.5, 0.6) is 5.75 Å². The number of carbonyl (C=O) groups is 1. The Kier molecular flexibility index (Phi) is 1.62. The quantitative estimate of drug-likeness (QED) is 0.522. The number of phenols is 1. The molecule has 0 saturated carbocycles. The van der Waals surface area contributed by atoms with Crippen LogP contribution in [0.25, 0.3) is 0 Å². The van der Waals surface area contributed by atoms with Crippen LogP contribution in [0, 0.1) is 0 Å². The van der Waals surface area contributed by atoms with E-state index in [-0.39, 0.29) is 17.7 Å². The van der Waals surface area contributed by atoms with E-state index in [0.717, 1.165) is 5.69 Å². The fourth-order valence-electron chi connectivity index (χ4n) is 1.32. The number of anilines is 2. The number of hydrogen-bond acceptors (Lipinski definition) is 3. The number of benzene rings is 1. The Bertz CT molecular complexity index is 363. The van der Waals surface area contributed by atoms with E-state index in [1.165, 1.54) is 6.07 Å². The Balaban J connectivity index is 2.48. The van der Waals surface area contributed by atoms with Crippen molar-refractivity contribution in [2.45, 2.75) is 13.0 Å².